The maximum absolute atomic E-state index is 12.9. The van der Waals surface area contributed by atoms with Crippen LogP contribution in [0.1, 0.15) is 22.3 Å². The van der Waals surface area contributed by atoms with Crippen LogP contribution in [0.2, 0.25) is 0 Å². The Hall–Kier alpha value is -1.56. The first-order valence-corrected chi connectivity index (χ1v) is 6.38. The zero-order valence-corrected chi connectivity index (χ0v) is 11.1. The second kappa shape index (κ2) is 5.83. The molecule has 0 saturated carbocycles. The fourth-order valence-electron chi connectivity index (χ4n) is 2.48. The largest absolute Gasteiger partial charge is 0.417 e. The van der Waals surface area contributed by atoms with Gasteiger partial charge in [-0.05, 0) is 18.6 Å². The average molecular weight is 287 g/mol. The number of alkyl halides is 3. The topological polar surface area (TPSA) is 29.5 Å². The number of nitrogens with zero attached hydrogens (tertiary/aromatic N) is 1. The van der Waals surface area contributed by atoms with Gasteiger partial charge in [-0.25, -0.2) is 0 Å². The highest BCUT2D eigenvalue weighted by atomic mass is 19.4. The average Bonchev–Trinajstić information content (AvgIpc) is 2.86. The number of methoxy groups -OCH3 is 1. The summed E-state index contributed by atoms with van der Waals surface area (Å²) in [5.74, 6) is -0.362. The Labute approximate surface area is 115 Å². The maximum atomic E-state index is 12.9. The van der Waals surface area contributed by atoms with E-state index in [9.17, 15) is 18.0 Å². The molecule has 1 aromatic carbocycles. The number of benzene rings is 1. The summed E-state index contributed by atoms with van der Waals surface area (Å²) in [6.45, 7) is 1.43. The zero-order valence-electron chi connectivity index (χ0n) is 11.1. The van der Waals surface area contributed by atoms with Crippen molar-refractivity contribution in [1.29, 1.82) is 0 Å². The van der Waals surface area contributed by atoms with E-state index in [0.717, 1.165) is 12.5 Å². The van der Waals surface area contributed by atoms with Crippen molar-refractivity contribution in [3.63, 3.8) is 0 Å². The molecule has 0 radical (unpaired) electrons. The predicted molar refractivity (Wildman–Crippen MR) is 67.3 cm³/mol. The van der Waals surface area contributed by atoms with Crippen LogP contribution in [0.15, 0.2) is 24.3 Å². The number of rotatable bonds is 3. The summed E-state index contributed by atoms with van der Waals surface area (Å²) in [6, 6.07) is 4.91. The molecule has 1 aliphatic heterocycles. The van der Waals surface area contributed by atoms with Gasteiger partial charge in [0.25, 0.3) is 5.91 Å². The van der Waals surface area contributed by atoms with Crippen LogP contribution in [0.3, 0.4) is 0 Å². The molecule has 1 unspecified atom stereocenters. The van der Waals surface area contributed by atoms with E-state index in [1.165, 1.54) is 23.1 Å². The lowest BCUT2D eigenvalue weighted by Crippen LogP contribution is -2.31. The number of carbonyl (C=O) groups excluding carboxylic acids is 1. The Morgan fingerprint density at radius 3 is 2.75 bits per heavy atom. The Balaban J connectivity index is 2.19. The van der Waals surface area contributed by atoms with Crippen LogP contribution in [0.4, 0.5) is 13.2 Å². The molecule has 1 heterocycles. The molecule has 1 atom stereocenters. The highest BCUT2D eigenvalue weighted by molar-refractivity contribution is 5.96. The second-order valence-corrected chi connectivity index (χ2v) is 4.90. The summed E-state index contributed by atoms with van der Waals surface area (Å²) in [5.41, 5.74) is -1.15. The van der Waals surface area contributed by atoms with Crippen LogP contribution < -0.4 is 0 Å². The van der Waals surface area contributed by atoms with Gasteiger partial charge in [0.1, 0.15) is 0 Å². The fourth-order valence-corrected chi connectivity index (χ4v) is 2.48. The molecule has 20 heavy (non-hydrogen) atoms. The van der Waals surface area contributed by atoms with Crippen molar-refractivity contribution in [2.45, 2.75) is 12.6 Å². The van der Waals surface area contributed by atoms with E-state index in [4.69, 9.17) is 4.74 Å². The van der Waals surface area contributed by atoms with Gasteiger partial charge in [0.05, 0.1) is 17.7 Å². The highest BCUT2D eigenvalue weighted by Gasteiger charge is 2.37. The fraction of sp³-hybridized carbons (Fsp3) is 0.500. The zero-order chi connectivity index (χ0) is 14.8. The van der Waals surface area contributed by atoms with Gasteiger partial charge in [-0.1, -0.05) is 12.1 Å². The molecule has 110 valence electrons. The summed E-state index contributed by atoms with van der Waals surface area (Å²) in [6.07, 6.45) is -3.76. The lowest BCUT2D eigenvalue weighted by atomic mass is 10.1. The van der Waals surface area contributed by atoms with Gasteiger partial charge < -0.3 is 9.64 Å². The van der Waals surface area contributed by atoms with Gasteiger partial charge in [-0.3, -0.25) is 4.79 Å². The van der Waals surface area contributed by atoms with Gasteiger partial charge in [-0.15, -0.1) is 0 Å². The number of carbonyl (C=O) groups is 1. The molecule has 1 aromatic rings. The SMILES string of the molecule is COCC1CCN(C(=O)c2ccccc2C(F)(F)F)C1. The normalized spacial score (nSPS) is 19.4. The summed E-state index contributed by atoms with van der Waals surface area (Å²) in [5, 5.41) is 0. The second-order valence-electron chi connectivity index (χ2n) is 4.90. The Kier molecular flexibility index (Phi) is 4.32. The molecule has 1 fully saturated rings. The number of halogens is 3. The maximum Gasteiger partial charge on any atom is 0.417 e. The first-order chi connectivity index (χ1) is 9.43. The Morgan fingerprint density at radius 2 is 2.10 bits per heavy atom. The lowest BCUT2D eigenvalue weighted by Gasteiger charge is -2.19. The van der Waals surface area contributed by atoms with Crippen molar-refractivity contribution in [3.05, 3.63) is 35.4 Å². The van der Waals surface area contributed by atoms with Gasteiger partial charge in [0.2, 0.25) is 0 Å². The van der Waals surface area contributed by atoms with Crippen LogP contribution in [-0.2, 0) is 10.9 Å². The first-order valence-electron chi connectivity index (χ1n) is 6.38. The third-order valence-corrected chi connectivity index (χ3v) is 3.44. The molecular formula is C14H16F3NO2. The minimum Gasteiger partial charge on any atom is -0.384 e. The van der Waals surface area contributed by atoms with Crippen LogP contribution in [-0.4, -0.2) is 37.6 Å². The highest BCUT2D eigenvalue weighted by Crippen LogP contribution is 2.33. The van der Waals surface area contributed by atoms with Gasteiger partial charge in [-0.2, -0.15) is 13.2 Å². The molecule has 0 spiro atoms. The molecule has 0 N–H and O–H groups in total. The molecule has 2 rings (SSSR count). The van der Waals surface area contributed by atoms with Gasteiger partial charge in [0.15, 0.2) is 0 Å². The summed E-state index contributed by atoms with van der Waals surface area (Å²) < 4.78 is 43.7. The Morgan fingerprint density at radius 1 is 1.40 bits per heavy atom. The molecule has 0 aliphatic carbocycles. The summed E-state index contributed by atoms with van der Waals surface area (Å²) in [4.78, 5) is 13.7. The van der Waals surface area contributed by atoms with Crippen LogP contribution in [0, 0.1) is 5.92 Å². The number of amides is 1. The molecule has 0 bridgehead atoms. The predicted octanol–water partition coefficient (Wildman–Crippen LogP) is 2.81. The van der Waals surface area contributed by atoms with Crippen molar-refractivity contribution in [2.75, 3.05) is 26.8 Å². The molecule has 1 aliphatic rings. The van der Waals surface area contributed by atoms with Gasteiger partial charge in [0, 0.05) is 26.1 Å². The van der Waals surface area contributed by atoms with Gasteiger partial charge >= 0.3 is 6.18 Å². The van der Waals surface area contributed by atoms with E-state index in [1.54, 1.807) is 7.11 Å². The van der Waals surface area contributed by atoms with Crippen LogP contribution >= 0.6 is 0 Å². The van der Waals surface area contributed by atoms with E-state index in [1.807, 2.05) is 0 Å². The number of likely N-dealkylation sites (tertiary alicyclic amines) is 1. The number of hydrogen-bond donors (Lipinski definition) is 0. The standard InChI is InChI=1S/C14H16F3NO2/c1-20-9-10-6-7-18(8-10)13(19)11-4-2-3-5-12(11)14(15,16)17/h2-5,10H,6-9H2,1H3. The van der Waals surface area contributed by atoms with Crippen molar-refractivity contribution < 1.29 is 22.7 Å². The number of ether oxygens (including phenoxy) is 1. The van der Waals surface area contributed by atoms with Crippen molar-refractivity contribution in [2.24, 2.45) is 5.92 Å². The number of hydrogen-bond acceptors (Lipinski definition) is 2. The molecule has 6 heteroatoms. The lowest BCUT2D eigenvalue weighted by molar-refractivity contribution is -0.138. The third kappa shape index (κ3) is 3.12. The monoisotopic (exact) mass is 287 g/mol. The smallest absolute Gasteiger partial charge is 0.384 e. The van der Waals surface area contributed by atoms with E-state index >= 15 is 0 Å². The molecule has 1 amide bonds. The molecular weight excluding hydrogens is 271 g/mol. The van der Waals surface area contributed by atoms with Crippen molar-refractivity contribution in [3.8, 4) is 0 Å². The molecule has 1 saturated heterocycles. The first kappa shape index (κ1) is 14.8. The van der Waals surface area contributed by atoms with Crippen molar-refractivity contribution in [1.82, 2.24) is 4.90 Å². The van der Waals surface area contributed by atoms with Crippen LogP contribution in [0.25, 0.3) is 0 Å². The van der Waals surface area contributed by atoms with Crippen LogP contribution in [0.5, 0.6) is 0 Å². The van der Waals surface area contributed by atoms with E-state index in [0.29, 0.717) is 19.7 Å². The summed E-state index contributed by atoms with van der Waals surface area (Å²) in [7, 11) is 1.57. The minimum absolute atomic E-state index is 0.196. The summed E-state index contributed by atoms with van der Waals surface area (Å²) >= 11 is 0. The quantitative estimate of drug-likeness (QED) is 0.855. The van der Waals surface area contributed by atoms with E-state index < -0.39 is 17.6 Å². The van der Waals surface area contributed by atoms with Crippen molar-refractivity contribution >= 4 is 5.91 Å². The third-order valence-electron chi connectivity index (χ3n) is 3.44. The molecule has 0 aromatic heterocycles. The van der Waals surface area contributed by atoms with E-state index in [-0.39, 0.29) is 11.5 Å². The molecule has 3 nitrogen and oxygen atoms in total. The van der Waals surface area contributed by atoms with E-state index in [2.05, 4.69) is 0 Å². The minimum atomic E-state index is -4.52. The Bertz CT molecular complexity index is 488.